The molecule has 0 atom stereocenters. The molecule has 1 aromatic heterocycles. The van der Waals surface area contributed by atoms with E-state index < -0.39 is 0 Å². The van der Waals surface area contributed by atoms with Crippen molar-refractivity contribution in [2.45, 2.75) is 32.7 Å². The molecule has 1 aliphatic rings. The second-order valence-corrected chi connectivity index (χ2v) is 10.3. The first-order chi connectivity index (χ1) is 15.8. The highest BCUT2D eigenvalue weighted by atomic mass is 32.1. The Kier molecular flexibility index (Phi) is 7.00. The Morgan fingerprint density at radius 2 is 1.82 bits per heavy atom. The topological polar surface area (TPSA) is 57.7 Å². The number of nitrogens with one attached hydrogen (secondary N) is 1. The van der Waals surface area contributed by atoms with Crippen LogP contribution in [0.1, 0.15) is 31.3 Å². The lowest BCUT2D eigenvalue weighted by Gasteiger charge is -2.34. The molecule has 2 amide bonds. The molecule has 4 rings (SSSR count). The van der Waals surface area contributed by atoms with Gasteiger partial charge in [-0.3, -0.25) is 4.90 Å². The lowest BCUT2D eigenvalue weighted by molar-refractivity contribution is 0.143. The molecule has 1 saturated heterocycles. The molecular formula is C26H32N4O2S. The number of methoxy groups -OCH3 is 1. The van der Waals surface area contributed by atoms with E-state index >= 15 is 0 Å². The highest BCUT2D eigenvalue weighted by Crippen LogP contribution is 2.26. The molecule has 1 aliphatic heterocycles. The Morgan fingerprint density at radius 1 is 1.09 bits per heavy atom. The molecule has 2 aromatic carbocycles. The van der Waals surface area contributed by atoms with Crippen molar-refractivity contribution in [1.29, 1.82) is 0 Å². The van der Waals surface area contributed by atoms with Gasteiger partial charge in [-0.25, -0.2) is 9.78 Å². The summed E-state index contributed by atoms with van der Waals surface area (Å²) in [6.45, 7) is 10.5. The minimum Gasteiger partial charge on any atom is -0.497 e. The fourth-order valence-corrected chi connectivity index (χ4v) is 4.70. The Morgan fingerprint density at radius 3 is 2.48 bits per heavy atom. The summed E-state index contributed by atoms with van der Waals surface area (Å²) in [7, 11) is 1.67. The number of rotatable bonds is 5. The Bertz CT molecular complexity index is 1080. The molecule has 0 bridgehead atoms. The fraction of sp³-hybridized carbons (Fsp3) is 0.385. The number of hydrogen-bond acceptors (Lipinski definition) is 5. The minimum absolute atomic E-state index is 0.0345. The van der Waals surface area contributed by atoms with E-state index in [1.165, 1.54) is 5.56 Å². The summed E-state index contributed by atoms with van der Waals surface area (Å²) >= 11 is 1.68. The van der Waals surface area contributed by atoms with E-state index in [2.05, 4.69) is 54.6 Å². The molecule has 1 N–H and O–H groups in total. The zero-order chi connectivity index (χ0) is 23.4. The largest absolute Gasteiger partial charge is 0.497 e. The van der Waals surface area contributed by atoms with Gasteiger partial charge in [0, 0.05) is 42.8 Å². The fourth-order valence-electron chi connectivity index (χ4n) is 3.85. The normalized spacial score (nSPS) is 14.8. The van der Waals surface area contributed by atoms with E-state index in [1.54, 1.807) is 18.4 Å². The van der Waals surface area contributed by atoms with Crippen LogP contribution in [0.4, 0.5) is 10.5 Å². The maximum atomic E-state index is 12.7. The number of urea groups is 1. The summed E-state index contributed by atoms with van der Waals surface area (Å²) in [5.74, 6) is 0.835. The van der Waals surface area contributed by atoms with Gasteiger partial charge in [0.2, 0.25) is 0 Å². The molecule has 1 fully saturated rings. The first-order valence-electron chi connectivity index (χ1n) is 11.3. The van der Waals surface area contributed by atoms with Gasteiger partial charge in [0.1, 0.15) is 10.8 Å². The molecule has 6 nitrogen and oxygen atoms in total. The highest BCUT2D eigenvalue weighted by Gasteiger charge is 2.22. The summed E-state index contributed by atoms with van der Waals surface area (Å²) in [5, 5.41) is 6.22. The number of aromatic nitrogens is 1. The molecular weight excluding hydrogens is 432 g/mol. The average Bonchev–Trinajstić information content (AvgIpc) is 3.28. The van der Waals surface area contributed by atoms with Gasteiger partial charge in [-0.05, 0) is 35.2 Å². The van der Waals surface area contributed by atoms with Gasteiger partial charge < -0.3 is 15.0 Å². The Balaban J connectivity index is 1.27. The van der Waals surface area contributed by atoms with Crippen LogP contribution in [0.25, 0.3) is 11.3 Å². The number of carbonyl (C=O) groups is 1. The lowest BCUT2D eigenvalue weighted by atomic mass is 9.87. The average molecular weight is 465 g/mol. The number of ether oxygens (including phenoxy) is 1. The van der Waals surface area contributed by atoms with Gasteiger partial charge >= 0.3 is 6.03 Å². The molecule has 0 aliphatic carbocycles. The van der Waals surface area contributed by atoms with Crippen LogP contribution in [0.5, 0.6) is 5.75 Å². The van der Waals surface area contributed by atoms with Gasteiger partial charge in [-0.1, -0.05) is 45.0 Å². The van der Waals surface area contributed by atoms with E-state index in [0.717, 1.165) is 47.3 Å². The SMILES string of the molecule is COc1cccc(-c2csc(CN3CCN(C(=O)Nc4ccc(C(C)(C)C)cc4)CC3)n2)c1. The quantitative estimate of drug-likeness (QED) is 0.544. The number of amides is 2. The molecule has 0 radical (unpaired) electrons. The zero-order valence-electron chi connectivity index (χ0n) is 19.8. The molecule has 0 saturated carbocycles. The molecule has 7 heteroatoms. The third kappa shape index (κ3) is 5.92. The minimum atomic E-state index is -0.0345. The van der Waals surface area contributed by atoms with Crippen molar-refractivity contribution in [1.82, 2.24) is 14.8 Å². The van der Waals surface area contributed by atoms with Crippen LogP contribution in [0.15, 0.2) is 53.9 Å². The van der Waals surface area contributed by atoms with E-state index in [-0.39, 0.29) is 11.4 Å². The van der Waals surface area contributed by atoms with E-state index in [1.807, 2.05) is 35.2 Å². The van der Waals surface area contributed by atoms with E-state index in [4.69, 9.17) is 9.72 Å². The summed E-state index contributed by atoms with van der Waals surface area (Å²) in [5.41, 5.74) is 4.23. The first-order valence-corrected chi connectivity index (χ1v) is 12.2. The number of carbonyl (C=O) groups excluding carboxylic acids is 1. The number of piperazine rings is 1. The van der Waals surface area contributed by atoms with Gasteiger partial charge in [-0.15, -0.1) is 11.3 Å². The summed E-state index contributed by atoms with van der Waals surface area (Å²) < 4.78 is 5.32. The van der Waals surface area contributed by atoms with E-state index in [0.29, 0.717) is 13.1 Å². The molecule has 3 aromatic rings. The summed E-state index contributed by atoms with van der Waals surface area (Å²) in [4.78, 5) is 21.8. The predicted molar refractivity (Wildman–Crippen MR) is 135 cm³/mol. The van der Waals surface area contributed by atoms with Gasteiger partial charge in [0.05, 0.1) is 19.3 Å². The molecule has 2 heterocycles. The first kappa shape index (κ1) is 23.3. The number of thiazole rings is 1. The van der Waals surface area contributed by atoms with Crippen LogP contribution in [0, 0.1) is 0 Å². The van der Waals surface area contributed by atoms with Gasteiger partial charge in [-0.2, -0.15) is 0 Å². The van der Waals surface area contributed by atoms with Crippen molar-refractivity contribution in [3.8, 4) is 17.0 Å². The van der Waals surface area contributed by atoms with Crippen LogP contribution in [0.2, 0.25) is 0 Å². The maximum absolute atomic E-state index is 12.7. The highest BCUT2D eigenvalue weighted by molar-refractivity contribution is 7.09. The second-order valence-electron chi connectivity index (χ2n) is 9.38. The molecule has 0 unspecified atom stereocenters. The summed E-state index contributed by atoms with van der Waals surface area (Å²) in [6, 6.07) is 16.1. The van der Waals surface area contributed by atoms with Crippen molar-refractivity contribution in [3.05, 3.63) is 64.5 Å². The molecule has 33 heavy (non-hydrogen) atoms. The van der Waals surface area contributed by atoms with Gasteiger partial charge in [0.15, 0.2) is 0 Å². The van der Waals surface area contributed by atoms with Crippen LogP contribution >= 0.6 is 11.3 Å². The van der Waals surface area contributed by atoms with Crippen molar-refractivity contribution >= 4 is 23.1 Å². The monoisotopic (exact) mass is 464 g/mol. The number of anilines is 1. The number of nitrogens with zero attached hydrogens (tertiary/aromatic N) is 3. The molecule has 0 spiro atoms. The van der Waals surface area contributed by atoms with Crippen LogP contribution in [-0.4, -0.2) is 54.1 Å². The van der Waals surface area contributed by atoms with Crippen LogP contribution in [0.3, 0.4) is 0 Å². The number of benzene rings is 2. The van der Waals surface area contributed by atoms with Crippen LogP contribution in [-0.2, 0) is 12.0 Å². The smallest absolute Gasteiger partial charge is 0.321 e. The standard InChI is InChI=1S/C26H32N4O2S/c1-26(2,3)20-8-10-21(11-9-20)27-25(31)30-14-12-29(13-15-30)17-24-28-23(18-33-24)19-6-5-7-22(16-19)32-4/h5-11,16,18H,12-15,17H2,1-4H3,(H,27,31). The maximum Gasteiger partial charge on any atom is 0.321 e. The Labute approximate surface area is 200 Å². The molecule has 174 valence electrons. The van der Waals surface area contributed by atoms with Crippen molar-refractivity contribution in [2.75, 3.05) is 38.6 Å². The van der Waals surface area contributed by atoms with Crippen molar-refractivity contribution in [3.63, 3.8) is 0 Å². The predicted octanol–water partition coefficient (Wildman–Crippen LogP) is 5.47. The Hall–Kier alpha value is -2.90. The lowest BCUT2D eigenvalue weighted by Crippen LogP contribution is -2.49. The zero-order valence-corrected chi connectivity index (χ0v) is 20.6. The van der Waals surface area contributed by atoms with Gasteiger partial charge in [0.25, 0.3) is 0 Å². The third-order valence-corrected chi connectivity index (χ3v) is 6.77. The third-order valence-electron chi connectivity index (χ3n) is 5.94. The van der Waals surface area contributed by atoms with E-state index in [9.17, 15) is 4.79 Å². The summed E-state index contributed by atoms with van der Waals surface area (Å²) in [6.07, 6.45) is 0. The second kappa shape index (κ2) is 9.93. The van der Waals surface area contributed by atoms with Crippen molar-refractivity contribution in [2.24, 2.45) is 0 Å². The number of hydrogen-bond donors (Lipinski definition) is 1. The van der Waals surface area contributed by atoms with Crippen LogP contribution < -0.4 is 10.1 Å². The van der Waals surface area contributed by atoms with Crippen molar-refractivity contribution < 1.29 is 9.53 Å².